The highest BCUT2D eigenvalue weighted by Gasteiger charge is 2.22. The molecular formula is C11H20ClN3O. The van der Waals surface area contributed by atoms with Crippen molar-refractivity contribution in [3.05, 3.63) is 11.7 Å². The molecule has 0 unspecified atom stereocenters. The first-order valence-corrected chi connectivity index (χ1v) is 5.90. The summed E-state index contributed by atoms with van der Waals surface area (Å²) < 4.78 is 5.18. The normalized spacial score (nSPS) is 19.1. The molecule has 0 aromatic carbocycles. The summed E-state index contributed by atoms with van der Waals surface area (Å²) >= 11 is 0. The Bertz CT molecular complexity index is 310. The van der Waals surface area contributed by atoms with E-state index in [1.807, 2.05) is 6.92 Å². The molecule has 2 rings (SSSR count). The summed E-state index contributed by atoms with van der Waals surface area (Å²) in [4.78, 5) is 4.40. The van der Waals surface area contributed by atoms with Crippen LogP contribution in [0.2, 0.25) is 0 Å². The molecule has 1 aromatic heterocycles. The fraction of sp³-hybridized carbons (Fsp3) is 0.818. The van der Waals surface area contributed by atoms with Crippen molar-refractivity contribution in [1.82, 2.24) is 10.1 Å². The Hall–Kier alpha value is -0.610. The Balaban J connectivity index is 0.00000128. The number of rotatable bonds is 3. The highest BCUT2D eigenvalue weighted by atomic mass is 35.5. The van der Waals surface area contributed by atoms with Gasteiger partial charge in [0.2, 0.25) is 5.89 Å². The second-order valence-corrected chi connectivity index (χ2v) is 4.34. The minimum Gasteiger partial charge on any atom is -0.338 e. The van der Waals surface area contributed by atoms with Gasteiger partial charge in [-0.25, -0.2) is 0 Å². The quantitative estimate of drug-likeness (QED) is 0.889. The van der Waals surface area contributed by atoms with E-state index < -0.39 is 0 Å². The van der Waals surface area contributed by atoms with Crippen molar-refractivity contribution in [2.45, 2.75) is 57.4 Å². The number of aromatic nitrogens is 2. The number of halogens is 1. The van der Waals surface area contributed by atoms with Crippen LogP contribution in [0.1, 0.15) is 69.1 Å². The lowest BCUT2D eigenvalue weighted by Gasteiger charge is -2.17. The summed E-state index contributed by atoms with van der Waals surface area (Å²) in [6, 6.07) is -0.102. The Morgan fingerprint density at radius 2 is 2.06 bits per heavy atom. The largest absolute Gasteiger partial charge is 0.338 e. The minimum absolute atomic E-state index is 0. The molecule has 1 aliphatic rings. The zero-order valence-corrected chi connectivity index (χ0v) is 10.5. The number of nitrogens with two attached hydrogens (primary N) is 1. The molecule has 1 heterocycles. The smallest absolute Gasteiger partial charge is 0.243 e. The summed E-state index contributed by atoms with van der Waals surface area (Å²) in [7, 11) is 0. The van der Waals surface area contributed by atoms with E-state index in [2.05, 4.69) is 10.1 Å². The van der Waals surface area contributed by atoms with Crippen LogP contribution in [0.15, 0.2) is 4.52 Å². The van der Waals surface area contributed by atoms with Crippen LogP contribution in [0.5, 0.6) is 0 Å². The average Bonchev–Trinajstić information content (AvgIpc) is 2.78. The van der Waals surface area contributed by atoms with E-state index in [9.17, 15) is 0 Å². The van der Waals surface area contributed by atoms with E-state index in [1.54, 1.807) is 0 Å². The third kappa shape index (κ3) is 2.95. The van der Waals surface area contributed by atoms with Crippen molar-refractivity contribution in [3.63, 3.8) is 0 Å². The summed E-state index contributed by atoms with van der Waals surface area (Å²) in [5, 5.41) is 4.04. The molecule has 16 heavy (non-hydrogen) atoms. The maximum absolute atomic E-state index is 5.84. The van der Waals surface area contributed by atoms with Gasteiger partial charge in [-0.1, -0.05) is 31.3 Å². The third-order valence-corrected chi connectivity index (χ3v) is 3.18. The van der Waals surface area contributed by atoms with Gasteiger partial charge in [-0.2, -0.15) is 4.98 Å². The fourth-order valence-corrected chi connectivity index (χ4v) is 2.10. The minimum atomic E-state index is -0.102. The van der Waals surface area contributed by atoms with Crippen molar-refractivity contribution in [1.29, 1.82) is 0 Å². The van der Waals surface area contributed by atoms with Crippen LogP contribution in [0.3, 0.4) is 0 Å². The zero-order valence-electron chi connectivity index (χ0n) is 9.69. The molecule has 1 aliphatic carbocycles. The molecule has 1 saturated carbocycles. The molecule has 5 heteroatoms. The second-order valence-electron chi connectivity index (χ2n) is 4.34. The van der Waals surface area contributed by atoms with Crippen molar-refractivity contribution < 1.29 is 4.52 Å². The monoisotopic (exact) mass is 245 g/mol. The van der Waals surface area contributed by atoms with Crippen molar-refractivity contribution in [2.24, 2.45) is 5.73 Å². The maximum atomic E-state index is 5.84. The van der Waals surface area contributed by atoms with E-state index in [0.717, 1.165) is 12.2 Å². The second kappa shape index (κ2) is 6.21. The van der Waals surface area contributed by atoms with Gasteiger partial charge in [0.1, 0.15) is 0 Å². The Labute approximate surface area is 102 Å². The lowest BCUT2D eigenvalue weighted by Crippen LogP contribution is -2.10. The lowest BCUT2D eigenvalue weighted by atomic mass is 9.89. The summed E-state index contributed by atoms with van der Waals surface area (Å²) in [5.41, 5.74) is 5.84. The van der Waals surface area contributed by atoms with E-state index in [1.165, 1.54) is 32.1 Å². The van der Waals surface area contributed by atoms with Gasteiger partial charge in [0.05, 0.1) is 6.04 Å². The van der Waals surface area contributed by atoms with Gasteiger partial charge in [-0.05, 0) is 19.3 Å². The van der Waals surface area contributed by atoms with Gasteiger partial charge in [0.15, 0.2) is 5.82 Å². The molecule has 2 N–H and O–H groups in total. The maximum Gasteiger partial charge on any atom is 0.243 e. The number of hydrogen-bond acceptors (Lipinski definition) is 4. The topological polar surface area (TPSA) is 64.9 Å². The number of nitrogens with zero attached hydrogens (tertiary/aromatic N) is 2. The van der Waals surface area contributed by atoms with Gasteiger partial charge in [-0.3, -0.25) is 0 Å². The first kappa shape index (κ1) is 13.5. The molecule has 1 atom stereocenters. The average molecular weight is 246 g/mol. The van der Waals surface area contributed by atoms with E-state index in [0.29, 0.717) is 11.8 Å². The summed E-state index contributed by atoms with van der Waals surface area (Å²) in [6.07, 6.45) is 7.14. The Morgan fingerprint density at radius 1 is 1.38 bits per heavy atom. The zero-order chi connectivity index (χ0) is 10.7. The highest BCUT2D eigenvalue weighted by Crippen LogP contribution is 2.31. The van der Waals surface area contributed by atoms with Crippen molar-refractivity contribution in [2.75, 3.05) is 0 Å². The van der Waals surface area contributed by atoms with Crippen molar-refractivity contribution in [3.8, 4) is 0 Å². The molecule has 0 bridgehead atoms. The van der Waals surface area contributed by atoms with Crippen LogP contribution < -0.4 is 5.73 Å². The third-order valence-electron chi connectivity index (χ3n) is 3.18. The van der Waals surface area contributed by atoms with Crippen molar-refractivity contribution >= 4 is 12.4 Å². The molecule has 1 fully saturated rings. The Kier molecular flexibility index (Phi) is 5.22. The molecule has 0 saturated heterocycles. The molecule has 0 radical (unpaired) electrons. The van der Waals surface area contributed by atoms with E-state index >= 15 is 0 Å². The molecule has 0 aliphatic heterocycles. The van der Waals surface area contributed by atoms with E-state index in [4.69, 9.17) is 10.3 Å². The van der Waals surface area contributed by atoms with Gasteiger partial charge < -0.3 is 10.3 Å². The summed E-state index contributed by atoms with van der Waals surface area (Å²) in [6.45, 7) is 2.02. The van der Waals surface area contributed by atoms with Crippen LogP contribution >= 0.6 is 12.4 Å². The van der Waals surface area contributed by atoms with E-state index in [-0.39, 0.29) is 18.4 Å². The molecule has 0 spiro atoms. The first-order valence-electron chi connectivity index (χ1n) is 5.90. The van der Waals surface area contributed by atoms with Gasteiger partial charge in [-0.15, -0.1) is 12.4 Å². The lowest BCUT2D eigenvalue weighted by molar-refractivity contribution is 0.339. The van der Waals surface area contributed by atoms with Gasteiger partial charge in [0, 0.05) is 5.92 Å². The fourth-order valence-electron chi connectivity index (χ4n) is 2.10. The van der Waals surface area contributed by atoms with Crippen LogP contribution in [-0.4, -0.2) is 10.1 Å². The predicted molar refractivity (Wildman–Crippen MR) is 64.6 cm³/mol. The van der Waals surface area contributed by atoms with Crippen LogP contribution in [0.4, 0.5) is 0 Å². The first-order chi connectivity index (χ1) is 7.31. The SMILES string of the molecule is CC[C@H](N)c1nc(C2CCCCC2)no1.Cl. The standard InChI is InChI=1S/C11H19N3O.ClH/c1-2-9(12)11-13-10(14-15-11)8-6-4-3-5-7-8;/h8-9H,2-7,12H2,1H3;1H/t9-;/m0./s1. The van der Waals surface area contributed by atoms with Crippen LogP contribution in [0, 0.1) is 0 Å². The number of hydrogen-bond donors (Lipinski definition) is 1. The van der Waals surface area contributed by atoms with Gasteiger partial charge in [0.25, 0.3) is 0 Å². The van der Waals surface area contributed by atoms with Crippen LogP contribution in [-0.2, 0) is 0 Å². The molecule has 92 valence electrons. The Morgan fingerprint density at radius 3 is 2.69 bits per heavy atom. The molecular weight excluding hydrogens is 226 g/mol. The molecule has 0 amide bonds. The van der Waals surface area contributed by atoms with Crippen LogP contribution in [0.25, 0.3) is 0 Å². The molecule has 1 aromatic rings. The summed E-state index contributed by atoms with van der Waals surface area (Å²) in [5.74, 6) is 1.96. The highest BCUT2D eigenvalue weighted by molar-refractivity contribution is 5.85. The molecule has 4 nitrogen and oxygen atoms in total. The predicted octanol–water partition coefficient (Wildman–Crippen LogP) is 2.95. The van der Waals surface area contributed by atoms with Gasteiger partial charge >= 0.3 is 0 Å².